The molecule has 0 radical (unpaired) electrons. The fourth-order valence-electron chi connectivity index (χ4n) is 3.71. The smallest absolute Gasteiger partial charge is 0.341 e. The lowest BCUT2D eigenvalue weighted by Crippen LogP contribution is -2.34. The Morgan fingerprint density at radius 3 is 2.45 bits per heavy atom. The van der Waals surface area contributed by atoms with Gasteiger partial charge in [0.25, 0.3) is 5.91 Å². The minimum absolute atomic E-state index is 0.0775. The number of aliphatic hydroxyl groups excluding tert-OH is 1. The number of carboxylic acids is 1. The molecule has 0 aliphatic rings. The molecule has 0 saturated carbocycles. The average Bonchev–Trinajstić information content (AvgIpc) is 2.87. The maximum absolute atomic E-state index is 13.1. The lowest BCUT2D eigenvalue weighted by Gasteiger charge is -2.26. The quantitative estimate of drug-likeness (QED) is 0.135. The number of nitrogens with two attached hydrogens (primary N) is 2. The predicted octanol–water partition coefficient (Wildman–Crippen LogP) is 3.51. The van der Waals surface area contributed by atoms with Gasteiger partial charge in [-0.05, 0) is 73.5 Å². The van der Waals surface area contributed by atoms with Crippen LogP contribution in [0.25, 0.3) is 0 Å². The molecule has 11 heteroatoms. The zero-order valence-electron chi connectivity index (χ0n) is 20.8. The van der Waals surface area contributed by atoms with Gasteiger partial charge in [-0.25, -0.2) is 4.79 Å². The monoisotopic (exact) mass is 539 g/mol. The Kier molecular flexibility index (Phi) is 9.30. The van der Waals surface area contributed by atoms with Crippen LogP contribution in [0.1, 0.15) is 40.4 Å². The molecule has 0 saturated heterocycles. The van der Waals surface area contributed by atoms with Gasteiger partial charge in [0.05, 0.1) is 5.56 Å². The van der Waals surface area contributed by atoms with E-state index in [2.05, 4.69) is 10.6 Å². The fraction of sp³-hybridized carbons (Fsp3) is 0.222. The SMILES string of the molecule is CC(N)(CCO)c1ccc(OCC(=O)O)c(CNc2ccc(Cl)cc2C(=O)Nc2ccc(C(=N)N)cc2)c1. The topological polar surface area (TPSA) is 184 Å². The second kappa shape index (κ2) is 12.4. The Morgan fingerprint density at radius 2 is 1.82 bits per heavy atom. The number of carbonyl (C=O) groups excluding carboxylic acids is 1. The highest BCUT2D eigenvalue weighted by molar-refractivity contribution is 6.31. The molecule has 0 aliphatic carbocycles. The summed E-state index contributed by atoms with van der Waals surface area (Å²) in [7, 11) is 0. The van der Waals surface area contributed by atoms with Gasteiger partial charge >= 0.3 is 5.97 Å². The van der Waals surface area contributed by atoms with Crippen molar-refractivity contribution in [2.75, 3.05) is 23.8 Å². The molecular weight excluding hydrogens is 510 g/mol. The molecule has 1 atom stereocenters. The van der Waals surface area contributed by atoms with Crippen molar-refractivity contribution < 1.29 is 24.5 Å². The number of benzene rings is 3. The van der Waals surface area contributed by atoms with Crippen LogP contribution in [-0.2, 0) is 16.9 Å². The van der Waals surface area contributed by atoms with Crippen molar-refractivity contribution in [3.8, 4) is 5.75 Å². The van der Waals surface area contributed by atoms with Gasteiger partial charge in [-0.1, -0.05) is 17.7 Å². The number of aliphatic hydroxyl groups is 1. The second-order valence-electron chi connectivity index (χ2n) is 8.88. The first-order valence-electron chi connectivity index (χ1n) is 11.7. The first-order valence-corrected chi connectivity index (χ1v) is 12.0. The van der Waals surface area contributed by atoms with Crippen molar-refractivity contribution in [3.05, 3.63) is 87.9 Å². The van der Waals surface area contributed by atoms with Crippen molar-refractivity contribution in [1.29, 1.82) is 5.41 Å². The number of hydrogen-bond donors (Lipinski definition) is 7. The largest absolute Gasteiger partial charge is 0.482 e. The molecule has 9 N–H and O–H groups in total. The normalized spacial score (nSPS) is 12.3. The summed E-state index contributed by atoms with van der Waals surface area (Å²) in [4.78, 5) is 24.2. The van der Waals surface area contributed by atoms with Crippen LogP contribution in [0, 0.1) is 5.41 Å². The van der Waals surface area contributed by atoms with Gasteiger partial charge in [0.2, 0.25) is 0 Å². The Hall–Kier alpha value is -4.12. The second-order valence-corrected chi connectivity index (χ2v) is 9.32. The van der Waals surface area contributed by atoms with Crippen LogP contribution in [-0.4, -0.2) is 41.1 Å². The summed E-state index contributed by atoms with van der Waals surface area (Å²) in [6, 6.07) is 16.5. The summed E-state index contributed by atoms with van der Waals surface area (Å²) >= 11 is 6.18. The molecule has 38 heavy (non-hydrogen) atoms. The number of amides is 1. The van der Waals surface area contributed by atoms with Crippen LogP contribution >= 0.6 is 11.6 Å². The number of halogens is 1. The third kappa shape index (κ3) is 7.45. The highest BCUT2D eigenvalue weighted by atomic mass is 35.5. The van der Waals surface area contributed by atoms with Crippen LogP contribution in [0.4, 0.5) is 11.4 Å². The lowest BCUT2D eigenvalue weighted by atomic mass is 9.89. The Balaban J connectivity index is 1.87. The van der Waals surface area contributed by atoms with E-state index in [0.29, 0.717) is 39.7 Å². The summed E-state index contributed by atoms with van der Waals surface area (Å²) in [6.07, 6.45) is 0.324. The Bertz CT molecular complexity index is 1330. The molecule has 200 valence electrons. The fourth-order valence-corrected chi connectivity index (χ4v) is 3.88. The number of rotatable bonds is 12. The number of amidine groups is 1. The number of nitrogens with one attached hydrogen (secondary N) is 3. The molecule has 0 heterocycles. The highest BCUT2D eigenvalue weighted by Gasteiger charge is 2.22. The van der Waals surface area contributed by atoms with Crippen molar-refractivity contribution in [3.63, 3.8) is 0 Å². The summed E-state index contributed by atoms with van der Waals surface area (Å²) < 4.78 is 5.46. The number of carboxylic acid groups (broad SMARTS) is 1. The molecule has 3 aromatic rings. The Morgan fingerprint density at radius 1 is 1.11 bits per heavy atom. The molecule has 0 aliphatic heterocycles. The summed E-state index contributed by atoms with van der Waals surface area (Å²) in [5.74, 6) is -1.27. The third-order valence-corrected chi connectivity index (χ3v) is 6.09. The van der Waals surface area contributed by atoms with Crippen molar-refractivity contribution in [1.82, 2.24) is 0 Å². The maximum Gasteiger partial charge on any atom is 0.341 e. The van der Waals surface area contributed by atoms with E-state index in [1.807, 2.05) is 0 Å². The van der Waals surface area contributed by atoms with Gasteiger partial charge in [-0.2, -0.15) is 0 Å². The minimum Gasteiger partial charge on any atom is -0.482 e. The van der Waals surface area contributed by atoms with E-state index in [1.165, 1.54) is 6.07 Å². The maximum atomic E-state index is 13.1. The lowest BCUT2D eigenvalue weighted by molar-refractivity contribution is -0.139. The van der Waals surface area contributed by atoms with Gasteiger partial charge < -0.3 is 37.1 Å². The molecule has 0 spiro atoms. The van der Waals surface area contributed by atoms with E-state index >= 15 is 0 Å². The van der Waals surface area contributed by atoms with E-state index in [1.54, 1.807) is 61.5 Å². The molecule has 10 nitrogen and oxygen atoms in total. The zero-order valence-corrected chi connectivity index (χ0v) is 21.5. The van der Waals surface area contributed by atoms with Gasteiger partial charge in [0, 0.05) is 46.2 Å². The van der Waals surface area contributed by atoms with E-state index in [9.17, 15) is 14.7 Å². The molecule has 1 amide bonds. The average molecular weight is 540 g/mol. The van der Waals surface area contributed by atoms with Crippen LogP contribution in [0.3, 0.4) is 0 Å². The predicted molar refractivity (Wildman–Crippen MR) is 147 cm³/mol. The number of nitrogen functional groups attached to an aromatic ring is 1. The Labute approximate surface area is 225 Å². The number of hydrogen-bond acceptors (Lipinski definition) is 7. The summed E-state index contributed by atoms with van der Waals surface area (Å²) in [5.41, 5.74) is 14.2. The van der Waals surface area contributed by atoms with E-state index in [0.717, 1.165) is 5.56 Å². The highest BCUT2D eigenvalue weighted by Crippen LogP contribution is 2.29. The molecule has 0 fully saturated rings. The van der Waals surface area contributed by atoms with Gasteiger partial charge in [0.1, 0.15) is 11.6 Å². The number of aliphatic carboxylic acids is 1. The molecule has 3 rings (SSSR count). The van der Waals surface area contributed by atoms with Crippen molar-refractivity contribution in [2.24, 2.45) is 11.5 Å². The van der Waals surface area contributed by atoms with Crippen molar-refractivity contribution in [2.45, 2.75) is 25.4 Å². The van der Waals surface area contributed by atoms with Gasteiger partial charge in [-0.3, -0.25) is 10.2 Å². The number of ether oxygens (including phenoxy) is 1. The molecular formula is C27H30ClN5O5. The molecule has 0 aromatic heterocycles. The zero-order chi connectivity index (χ0) is 27.9. The summed E-state index contributed by atoms with van der Waals surface area (Å²) in [5, 5.41) is 32.3. The summed E-state index contributed by atoms with van der Waals surface area (Å²) in [6.45, 7) is 1.34. The van der Waals surface area contributed by atoms with Crippen LogP contribution in [0.2, 0.25) is 5.02 Å². The first kappa shape index (κ1) is 28.5. The van der Waals surface area contributed by atoms with E-state index < -0.39 is 24.0 Å². The first-order chi connectivity index (χ1) is 18.0. The van der Waals surface area contributed by atoms with Crippen molar-refractivity contribution >= 4 is 40.7 Å². The minimum atomic E-state index is -1.12. The molecule has 3 aromatic carbocycles. The molecule has 0 bridgehead atoms. The van der Waals surface area contributed by atoms with Gasteiger partial charge in [0.15, 0.2) is 6.61 Å². The van der Waals surface area contributed by atoms with E-state index in [4.69, 9.17) is 38.3 Å². The third-order valence-electron chi connectivity index (χ3n) is 5.85. The van der Waals surface area contributed by atoms with E-state index in [-0.39, 0.29) is 24.6 Å². The van der Waals surface area contributed by atoms with Crippen LogP contribution in [0.5, 0.6) is 5.75 Å². The van der Waals surface area contributed by atoms with Gasteiger partial charge in [-0.15, -0.1) is 0 Å². The number of carbonyl (C=O) groups is 2. The van der Waals surface area contributed by atoms with Crippen LogP contribution in [0.15, 0.2) is 60.7 Å². The number of anilines is 2. The molecule has 1 unspecified atom stereocenters. The standard InChI is InChI=1S/C27H30ClN5O5/c1-27(31,10-11-34)18-4-9-23(38-15-24(35)36)17(12-18)14-32-22-8-5-19(28)13-21(22)26(37)33-20-6-2-16(3-7-20)25(29)30/h2-9,12-13,32,34H,10-11,14-15,31H2,1H3,(H3,29,30)(H,33,37)(H,35,36). The van der Waals surface area contributed by atoms with Crippen LogP contribution < -0.4 is 26.8 Å².